The van der Waals surface area contributed by atoms with Crippen molar-refractivity contribution in [2.45, 2.75) is 17.7 Å². The Morgan fingerprint density at radius 3 is 3.15 bits per heavy atom. The Balaban J connectivity index is 1.90. The lowest BCUT2D eigenvalue weighted by Gasteiger charge is -2.31. The van der Waals surface area contributed by atoms with Gasteiger partial charge in [-0.25, -0.2) is 8.42 Å². The van der Waals surface area contributed by atoms with E-state index in [1.807, 2.05) is 0 Å². The van der Waals surface area contributed by atoms with Gasteiger partial charge in [-0.1, -0.05) is 0 Å². The van der Waals surface area contributed by atoms with Crippen LogP contribution in [-0.2, 0) is 14.8 Å². The zero-order valence-electron chi connectivity index (χ0n) is 11.7. The van der Waals surface area contributed by atoms with E-state index in [4.69, 9.17) is 4.74 Å². The predicted octanol–water partition coefficient (Wildman–Crippen LogP) is 0.0464. The first kappa shape index (κ1) is 15.4. The molecule has 20 heavy (non-hydrogen) atoms. The van der Waals surface area contributed by atoms with E-state index in [1.165, 1.54) is 12.4 Å². The van der Waals surface area contributed by atoms with Crippen molar-refractivity contribution in [3.05, 3.63) is 12.4 Å². The molecule has 0 aromatic carbocycles. The number of nitrogens with one attached hydrogen (secondary N) is 2. The van der Waals surface area contributed by atoms with Gasteiger partial charge in [0.05, 0.1) is 12.8 Å². The summed E-state index contributed by atoms with van der Waals surface area (Å²) in [5.74, 6) is 0.349. The summed E-state index contributed by atoms with van der Waals surface area (Å²) in [5.41, 5.74) is 0. The van der Waals surface area contributed by atoms with E-state index in [2.05, 4.69) is 15.5 Å². The van der Waals surface area contributed by atoms with E-state index in [9.17, 15) is 8.42 Å². The Morgan fingerprint density at radius 2 is 2.45 bits per heavy atom. The highest BCUT2D eigenvalue weighted by Gasteiger charge is 2.30. The second-order valence-corrected chi connectivity index (χ2v) is 6.94. The summed E-state index contributed by atoms with van der Waals surface area (Å²) in [5, 5.41) is 9.57. The maximum Gasteiger partial charge on any atom is 0.246 e. The summed E-state index contributed by atoms with van der Waals surface area (Å²) >= 11 is 0. The van der Waals surface area contributed by atoms with Gasteiger partial charge in [0.15, 0.2) is 0 Å². The quantitative estimate of drug-likeness (QED) is 0.695. The number of ether oxygens (including phenoxy) is 1. The average Bonchev–Trinajstić information content (AvgIpc) is 2.99. The van der Waals surface area contributed by atoms with E-state index < -0.39 is 10.0 Å². The molecule has 1 unspecified atom stereocenters. The van der Waals surface area contributed by atoms with Crippen molar-refractivity contribution in [1.82, 2.24) is 19.8 Å². The third-order valence-corrected chi connectivity index (χ3v) is 5.34. The minimum Gasteiger partial charge on any atom is -0.383 e. The lowest BCUT2D eigenvalue weighted by molar-refractivity contribution is 0.193. The lowest BCUT2D eigenvalue weighted by Crippen LogP contribution is -2.43. The normalized spacial score (nSPS) is 21.1. The number of methoxy groups -OCH3 is 1. The molecular weight excluding hydrogens is 280 g/mol. The Hall–Kier alpha value is -0.960. The first-order valence-electron chi connectivity index (χ1n) is 6.83. The zero-order valence-corrected chi connectivity index (χ0v) is 12.5. The van der Waals surface area contributed by atoms with E-state index in [0.717, 1.165) is 25.9 Å². The van der Waals surface area contributed by atoms with Gasteiger partial charge in [0.2, 0.25) is 10.0 Å². The molecule has 1 saturated heterocycles. The van der Waals surface area contributed by atoms with Crippen LogP contribution in [0.4, 0.5) is 0 Å². The molecule has 1 fully saturated rings. The predicted molar refractivity (Wildman–Crippen MR) is 74.8 cm³/mol. The van der Waals surface area contributed by atoms with E-state index >= 15 is 0 Å². The number of hydrogen-bond acceptors (Lipinski definition) is 5. The van der Waals surface area contributed by atoms with Crippen LogP contribution in [0.2, 0.25) is 0 Å². The first-order chi connectivity index (χ1) is 9.64. The molecular formula is C12H22N4O3S. The van der Waals surface area contributed by atoms with Gasteiger partial charge in [0, 0.05) is 32.9 Å². The molecule has 1 atom stereocenters. The van der Waals surface area contributed by atoms with Gasteiger partial charge < -0.3 is 10.1 Å². The van der Waals surface area contributed by atoms with Crippen LogP contribution in [0, 0.1) is 5.92 Å². The van der Waals surface area contributed by atoms with Gasteiger partial charge in [-0.05, 0) is 25.3 Å². The second kappa shape index (κ2) is 7.16. The molecule has 2 rings (SSSR count). The van der Waals surface area contributed by atoms with Crippen LogP contribution >= 0.6 is 0 Å². The summed E-state index contributed by atoms with van der Waals surface area (Å²) in [7, 11) is -1.73. The molecule has 1 aromatic heterocycles. The minimum absolute atomic E-state index is 0.241. The van der Waals surface area contributed by atoms with E-state index in [1.54, 1.807) is 11.4 Å². The van der Waals surface area contributed by atoms with E-state index in [-0.39, 0.29) is 4.90 Å². The summed E-state index contributed by atoms with van der Waals surface area (Å²) in [6.45, 7) is 3.43. The minimum atomic E-state index is -3.40. The topological polar surface area (TPSA) is 87.3 Å². The Kier molecular flexibility index (Phi) is 5.53. The zero-order chi connectivity index (χ0) is 14.4. The highest BCUT2D eigenvalue weighted by atomic mass is 32.2. The van der Waals surface area contributed by atoms with Crippen molar-refractivity contribution in [2.24, 2.45) is 5.92 Å². The van der Waals surface area contributed by atoms with Crippen LogP contribution in [0.5, 0.6) is 0 Å². The standard InChI is InChI=1S/C12H22N4O3S/c1-19-6-4-13-7-11-3-2-5-16(10-11)20(17,18)12-8-14-15-9-12/h8-9,11,13H,2-7,10H2,1H3,(H,14,15). The number of aromatic amines is 1. The van der Waals surface area contributed by atoms with Crippen molar-refractivity contribution in [2.75, 3.05) is 39.9 Å². The van der Waals surface area contributed by atoms with Crippen molar-refractivity contribution in [1.29, 1.82) is 0 Å². The summed E-state index contributed by atoms with van der Waals surface area (Å²) in [6.07, 6.45) is 4.73. The van der Waals surface area contributed by atoms with Crippen LogP contribution in [0.1, 0.15) is 12.8 Å². The molecule has 2 N–H and O–H groups in total. The van der Waals surface area contributed by atoms with E-state index in [0.29, 0.717) is 25.6 Å². The fourth-order valence-electron chi connectivity index (χ4n) is 2.42. The Labute approximate surface area is 119 Å². The van der Waals surface area contributed by atoms with Gasteiger partial charge in [-0.15, -0.1) is 0 Å². The van der Waals surface area contributed by atoms with Gasteiger partial charge in [0.25, 0.3) is 0 Å². The molecule has 0 spiro atoms. The molecule has 1 aliphatic rings. The molecule has 8 heteroatoms. The fraction of sp³-hybridized carbons (Fsp3) is 0.750. The average molecular weight is 302 g/mol. The number of aromatic nitrogens is 2. The lowest BCUT2D eigenvalue weighted by atomic mass is 10.00. The summed E-state index contributed by atoms with van der Waals surface area (Å²) < 4.78 is 31.3. The maximum absolute atomic E-state index is 12.4. The molecule has 114 valence electrons. The number of H-pyrrole nitrogens is 1. The van der Waals surface area contributed by atoms with Crippen molar-refractivity contribution in [3.63, 3.8) is 0 Å². The van der Waals surface area contributed by atoms with Crippen LogP contribution in [0.3, 0.4) is 0 Å². The molecule has 0 radical (unpaired) electrons. The number of piperidine rings is 1. The van der Waals surface area contributed by atoms with Crippen molar-refractivity contribution in [3.8, 4) is 0 Å². The molecule has 2 heterocycles. The van der Waals surface area contributed by atoms with Crippen molar-refractivity contribution >= 4 is 10.0 Å². The summed E-state index contributed by atoms with van der Waals surface area (Å²) in [6, 6.07) is 0. The smallest absolute Gasteiger partial charge is 0.246 e. The molecule has 7 nitrogen and oxygen atoms in total. The number of sulfonamides is 1. The molecule has 0 saturated carbocycles. The monoisotopic (exact) mass is 302 g/mol. The summed E-state index contributed by atoms with van der Waals surface area (Å²) in [4.78, 5) is 0.241. The second-order valence-electron chi connectivity index (χ2n) is 5.00. The SMILES string of the molecule is COCCNCC1CCCN(S(=O)(=O)c2cn[nH]c2)C1. The van der Waals surface area contributed by atoms with Crippen LogP contribution in [0.15, 0.2) is 17.3 Å². The molecule has 0 amide bonds. The highest BCUT2D eigenvalue weighted by molar-refractivity contribution is 7.89. The number of nitrogens with zero attached hydrogens (tertiary/aromatic N) is 2. The Morgan fingerprint density at radius 1 is 1.60 bits per heavy atom. The highest BCUT2D eigenvalue weighted by Crippen LogP contribution is 2.22. The fourth-order valence-corrected chi connectivity index (χ4v) is 3.88. The Bertz CT molecular complexity index is 489. The third-order valence-electron chi connectivity index (χ3n) is 3.51. The maximum atomic E-state index is 12.4. The largest absolute Gasteiger partial charge is 0.383 e. The van der Waals surface area contributed by atoms with Crippen molar-refractivity contribution < 1.29 is 13.2 Å². The van der Waals surface area contributed by atoms with Gasteiger partial charge in [-0.3, -0.25) is 5.10 Å². The van der Waals surface area contributed by atoms with Crippen LogP contribution in [-0.4, -0.2) is 62.8 Å². The van der Waals surface area contributed by atoms with Gasteiger partial charge in [-0.2, -0.15) is 9.40 Å². The molecule has 1 aromatic rings. The third kappa shape index (κ3) is 3.78. The molecule has 0 bridgehead atoms. The van der Waals surface area contributed by atoms with Crippen LogP contribution < -0.4 is 5.32 Å². The van der Waals surface area contributed by atoms with Gasteiger partial charge in [0.1, 0.15) is 4.90 Å². The molecule has 0 aliphatic carbocycles. The van der Waals surface area contributed by atoms with Gasteiger partial charge >= 0.3 is 0 Å². The molecule has 1 aliphatic heterocycles. The number of hydrogen-bond donors (Lipinski definition) is 2. The number of rotatable bonds is 7. The first-order valence-corrected chi connectivity index (χ1v) is 8.27. The van der Waals surface area contributed by atoms with Crippen LogP contribution in [0.25, 0.3) is 0 Å².